The second-order valence-corrected chi connectivity index (χ2v) is 2.89. The second kappa shape index (κ2) is 4.00. The van der Waals surface area contributed by atoms with Crippen LogP contribution in [0.1, 0.15) is 30.8 Å². The summed E-state index contributed by atoms with van der Waals surface area (Å²) in [5.74, 6) is 0.220. The first-order valence-corrected chi connectivity index (χ1v) is 4.21. The Kier molecular flexibility index (Phi) is 2.97. The highest BCUT2D eigenvalue weighted by Gasteiger charge is 2.13. The summed E-state index contributed by atoms with van der Waals surface area (Å²) in [6, 6.07) is 5.41. The van der Waals surface area contributed by atoms with Gasteiger partial charge >= 0.3 is 0 Å². The Morgan fingerprint density at radius 2 is 2.33 bits per heavy atom. The fraction of sp³-hybridized carbons (Fsp3) is 0.400. The lowest BCUT2D eigenvalue weighted by molar-refractivity contribution is 0.0922. The number of carbonyl (C=O) groups excluding carboxylic acids is 1. The molecule has 0 bridgehead atoms. The molecule has 0 spiro atoms. The van der Waals surface area contributed by atoms with Gasteiger partial charge in [0.1, 0.15) is 5.69 Å². The zero-order valence-corrected chi connectivity index (χ0v) is 7.45. The summed E-state index contributed by atoms with van der Waals surface area (Å²) in [6.07, 6.45) is 2.52. The van der Waals surface area contributed by atoms with E-state index in [-0.39, 0.29) is 11.7 Å². The van der Waals surface area contributed by atoms with Gasteiger partial charge in [-0.15, -0.1) is 0 Å². The number of Topliss-reactive ketones (excluding diaryl/α,β-unsaturated/α-hetero) is 1. The smallest absolute Gasteiger partial charge is 0.183 e. The van der Waals surface area contributed by atoms with E-state index in [0.29, 0.717) is 5.69 Å². The van der Waals surface area contributed by atoms with Gasteiger partial charge in [-0.1, -0.05) is 19.9 Å². The average molecular weight is 163 g/mol. The van der Waals surface area contributed by atoms with Crippen molar-refractivity contribution < 1.29 is 4.79 Å². The molecule has 1 atom stereocenters. The van der Waals surface area contributed by atoms with E-state index in [1.165, 1.54) is 0 Å². The van der Waals surface area contributed by atoms with Crippen LogP contribution in [0.4, 0.5) is 0 Å². The standard InChI is InChI=1S/C10H13NO/c1-3-8(2)10(12)9-6-4-5-7-11-9/h4-8H,3H2,1-2H3. The number of hydrogen-bond donors (Lipinski definition) is 0. The summed E-state index contributed by atoms with van der Waals surface area (Å²) in [4.78, 5) is 15.5. The quantitative estimate of drug-likeness (QED) is 0.640. The predicted molar refractivity (Wildman–Crippen MR) is 48.0 cm³/mol. The summed E-state index contributed by atoms with van der Waals surface area (Å²) in [5, 5.41) is 0. The Labute approximate surface area is 72.6 Å². The van der Waals surface area contributed by atoms with Crippen LogP contribution in [-0.4, -0.2) is 10.8 Å². The molecular weight excluding hydrogens is 150 g/mol. The SMILES string of the molecule is CCC(C)C(=O)c1ccccn1. The van der Waals surface area contributed by atoms with E-state index < -0.39 is 0 Å². The van der Waals surface area contributed by atoms with Gasteiger partial charge in [0.2, 0.25) is 0 Å². The molecule has 1 heterocycles. The number of rotatable bonds is 3. The molecule has 0 aromatic carbocycles. The van der Waals surface area contributed by atoms with Gasteiger partial charge in [-0.05, 0) is 18.6 Å². The van der Waals surface area contributed by atoms with Crippen molar-refractivity contribution in [2.45, 2.75) is 20.3 Å². The molecule has 0 fully saturated rings. The molecule has 0 aliphatic rings. The minimum Gasteiger partial charge on any atom is -0.292 e. The largest absolute Gasteiger partial charge is 0.292 e. The van der Waals surface area contributed by atoms with Gasteiger partial charge < -0.3 is 0 Å². The van der Waals surface area contributed by atoms with Crippen LogP contribution in [0.15, 0.2) is 24.4 Å². The van der Waals surface area contributed by atoms with Gasteiger partial charge in [0.05, 0.1) is 0 Å². The van der Waals surface area contributed by atoms with Crippen molar-refractivity contribution in [2.24, 2.45) is 5.92 Å². The Balaban J connectivity index is 2.79. The Bertz CT molecular complexity index is 256. The third-order valence-corrected chi connectivity index (χ3v) is 1.98. The zero-order valence-electron chi connectivity index (χ0n) is 7.45. The first kappa shape index (κ1) is 8.91. The summed E-state index contributed by atoms with van der Waals surface area (Å²) < 4.78 is 0. The van der Waals surface area contributed by atoms with Crippen molar-refractivity contribution in [2.75, 3.05) is 0 Å². The van der Waals surface area contributed by atoms with Crippen LogP contribution >= 0.6 is 0 Å². The molecule has 1 unspecified atom stereocenters. The van der Waals surface area contributed by atoms with Gasteiger partial charge in [0, 0.05) is 12.1 Å². The number of pyridine rings is 1. The molecule has 0 amide bonds. The van der Waals surface area contributed by atoms with E-state index in [1.54, 1.807) is 12.3 Å². The van der Waals surface area contributed by atoms with Crippen LogP contribution in [0.3, 0.4) is 0 Å². The highest BCUT2D eigenvalue weighted by molar-refractivity contribution is 5.95. The first-order chi connectivity index (χ1) is 5.75. The molecule has 2 nitrogen and oxygen atoms in total. The van der Waals surface area contributed by atoms with Gasteiger partial charge in [-0.3, -0.25) is 9.78 Å². The van der Waals surface area contributed by atoms with E-state index in [9.17, 15) is 4.79 Å². The van der Waals surface area contributed by atoms with Crippen molar-refractivity contribution in [1.82, 2.24) is 4.98 Å². The van der Waals surface area contributed by atoms with Crippen molar-refractivity contribution >= 4 is 5.78 Å². The lowest BCUT2D eigenvalue weighted by Crippen LogP contribution is -2.11. The molecule has 0 aliphatic heterocycles. The molecule has 1 aromatic rings. The molecular formula is C10H13NO. The monoisotopic (exact) mass is 163 g/mol. The predicted octanol–water partition coefficient (Wildman–Crippen LogP) is 2.31. The minimum atomic E-state index is 0.0832. The third kappa shape index (κ3) is 1.91. The summed E-state index contributed by atoms with van der Waals surface area (Å²) in [7, 11) is 0. The Morgan fingerprint density at radius 1 is 1.58 bits per heavy atom. The Hall–Kier alpha value is -1.18. The van der Waals surface area contributed by atoms with Crippen LogP contribution in [0.5, 0.6) is 0 Å². The summed E-state index contributed by atoms with van der Waals surface area (Å²) in [5.41, 5.74) is 0.576. The molecule has 64 valence electrons. The van der Waals surface area contributed by atoms with Crippen LogP contribution in [-0.2, 0) is 0 Å². The molecule has 12 heavy (non-hydrogen) atoms. The molecule has 0 saturated carbocycles. The van der Waals surface area contributed by atoms with E-state index in [1.807, 2.05) is 26.0 Å². The van der Waals surface area contributed by atoms with Gasteiger partial charge in [0.25, 0.3) is 0 Å². The van der Waals surface area contributed by atoms with Crippen LogP contribution in [0, 0.1) is 5.92 Å². The molecule has 0 aliphatic carbocycles. The molecule has 0 saturated heterocycles. The van der Waals surface area contributed by atoms with Crippen LogP contribution < -0.4 is 0 Å². The molecule has 1 rings (SSSR count). The maximum Gasteiger partial charge on any atom is 0.183 e. The number of aromatic nitrogens is 1. The maximum atomic E-state index is 11.5. The summed E-state index contributed by atoms with van der Waals surface area (Å²) in [6.45, 7) is 3.93. The zero-order chi connectivity index (χ0) is 8.97. The van der Waals surface area contributed by atoms with E-state index in [4.69, 9.17) is 0 Å². The van der Waals surface area contributed by atoms with Crippen LogP contribution in [0.25, 0.3) is 0 Å². The molecule has 0 radical (unpaired) electrons. The number of ketones is 1. The van der Waals surface area contributed by atoms with E-state index >= 15 is 0 Å². The summed E-state index contributed by atoms with van der Waals surface area (Å²) >= 11 is 0. The first-order valence-electron chi connectivity index (χ1n) is 4.21. The lowest BCUT2D eigenvalue weighted by Gasteiger charge is -2.05. The highest BCUT2D eigenvalue weighted by atomic mass is 16.1. The fourth-order valence-electron chi connectivity index (χ4n) is 0.946. The average Bonchev–Trinajstić information content (AvgIpc) is 2.17. The maximum absolute atomic E-state index is 11.5. The van der Waals surface area contributed by atoms with Crippen molar-refractivity contribution in [1.29, 1.82) is 0 Å². The number of nitrogens with zero attached hydrogens (tertiary/aromatic N) is 1. The van der Waals surface area contributed by atoms with Crippen LogP contribution in [0.2, 0.25) is 0 Å². The lowest BCUT2D eigenvalue weighted by atomic mass is 10.0. The Morgan fingerprint density at radius 3 is 2.83 bits per heavy atom. The van der Waals surface area contributed by atoms with Gasteiger partial charge in [0.15, 0.2) is 5.78 Å². The normalized spacial score (nSPS) is 12.5. The fourth-order valence-corrected chi connectivity index (χ4v) is 0.946. The van der Waals surface area contributed by atoms with Gasteiger partial charge in [-0.2, -0.15) is 0 Å². The third-order valence-electron chi connectivity index (χ3n) is 1.98. The molecule has 2 heteroatoms. The second-order valence-electron chi connectivity index (χ2n) is 2.89. The highest BCUT2D eigenvalue weighted by Crippen LogP contribution is 2.08. The van der Waals surface area contributed by atoms with E-state index in [2.05, 4.69) is 4.98 Å². The van der Waals surface area contributed by atoms with Crippen molar-refractivity contribution in [3.8, 4) is 0 Å². The molecule has 0 N–H and O–H groups in total. The molecule has 1 aromatic heterocycles. The number of hydrogen-bond acceptors (Lipinski definition) is 2. The number of carbonyl (C=O) groups is 1. The van der Waals surface area contributed by atoms with Gasteiger partial charge in [-0.25, -0.2) is 0 Å². The minimum absolute atomic E-state index is 0.0832. The van der Waals surface area contributed by atoms with E-state index in [0.717, 1.165) is 6.42 Å². The topological polar surface area (TPSA) is 30.0 Å². The van der Waals surface area contributed by atoms with Crippen molar-refractivity contribution in [3.05, 3.63) is 30.1 Å². The van der Waals surface area contributed by atoms with Crippen molar-refractivity contribution in [3.63, 3.8) is 0 Å².